The lowest BCUT2D eigenvalue weighted by molar-refractivity contribution is 0.407. The van der Waals surface area contributed by atoms with Gasteiger partial charge in [-0.2, -0.15) is 0 Å². The van der Waals surface area contributed by atoms with Crippen molar-refractivity contribution in [1.29, 1.82) is 0 Å². The highest BCUT2D eigenvalue weighted by atomic mass is 16.5. The predicted molar refractivity (Wildman–Crippen MR) is 88.2 cm³/mol. The highest BCUT2D eigenvalue weighted by Gasteiger charge is 2.24. The van der Waals surface area contributed by atoms with Gasteiger partial charge in [-0.1, -0.05) is 44.2 Å². The maximum Gasteiger partial charge on any atom is 0.124 e. The van der Waals surface area contributed by atoms with Gasteiger partial charge < -0.3 is 10.1 Å². The van der Waals surface area contributed by atoms with Crippen molar-refractivity contribution in [3.8, 4) is 5.75 Å². The Morgan fingerprint density at radius 1 is 1.24 bits per heavy atom. The number of rotatable bonds is 4. The van der Waals surface area contributed by atoms with Gasteiger partial charge in [-0.3, -0.25) is 0 Å². The first-order chi connectivity index (χ1) is 10.2. The maximum atomic E-state index is 5.50. The fourth-order valence-electron chi connectivity index (χ4n) is 3.07. The molecule has 2 unspecified atom stereocenters. The fraction of sp³-hybridized carbons (Fsp3) is 0.368. The lowest BCUT2D eigenvalue weighted by Crippen LogP contribution is -2.07. The number of ether oxygens (including phenoxy) is 1. The van der Waals surface area contributed by atoms with Crippen molar-refractivity contribution in [3.05, 3.63) is 59.2 Å². The Morgan fingerprint density at radius 3 is 2.81 bits per heavy atom. The van der Waals surface area contributed by atoms with Crippen molar-refractivity contribution in [3.63, 3.8) is 0 Å². The second kappa shape index (κ2) is 5.80. The van der Waals surface area contributed by atoms with Crippen LogP contribution in [0.1, 0.15) is 48.9 Å². The molecule has 21 heavy (non-hydrogen) atoms. The fourth-order valence-corrected chi connectivity index (χ4v) is 3.07. The van der Waals surface area contributed by atoms with Crippen LogP contribution in [0.25, 0.3) is 0 Å². The molecule has 0 aliphatic carbocycles. The molecular weight excluding hydrogens is 258 g/mol. The second-order valence-corrected chi connectivity index (χ2v) is 5.87. The van der Waals surface area contributed by atoms with Crippen LogP contribution in [0, 0.1) is 0 Å². The number of hydrogen-bond donors (Lipinski definition) is 1. The van der Waals surface area contributed by atoms with Crippen molar-refractivity contribution in [2.75, 3.05) is 12.4 Å². The van der Waals surface area contributed by atoms with E-state index in [9.17, 15) is 0 Å². The van der Waals surface area contributed by atoms with Gasteiger partial charge in [0.1, 0.15) is 5.75 Å². The van der Waals surface area contributed by atoms with E-state index < -0.39 is 0 Å². The van der Waals surface area contributed by atoms with E-state index in [0.717, 1.165) is 12.2 Å². The summed E-state index contributed by atoms with van der Waals surface area (Å²) in [6.07, 6.45) is 2.21. The summed E-state index contributed by atoms with van der Waals surface area (Å²) in [5.74, 6) is 1.59. The lowest BCUT2D eigenvalue weighted by Gasteiger charge is -2.15. The average molecular weight is 281 g/mol. The van der Waals surface area contributed by atoms with E-state index in [1.165, 1.54) is 28.8 Å². The van der Waals surface area contributed by atoms with Crippen LogP contribution in [0.15, 0.2) is 42.5 Å². The molecule has 0 spiro atoms. The summed E-state index contributed by atoms with van der Waals surface area (Å²) >= 11 is 0. The first kappa shape index (κ1) is 14.0. The van der Waals surface area contributed by atoms with Gasteiger partial charge in [0, 0.05) is 11.3 Å². The molecule has 2 aromatic rings. The smallest absolute Gasteiger partial charge is 0.124 e. The third kappa shape index (κ3) is 2.63. The average Bonchev–Trinajstić information content (AvgIpc) is 2.96. The van der Waals surface area contributed by atoms with Gasteiger partial charge in [0.25, 0.3) is 0 Å². The SMILES string of the molecule is CCC(C)c1ccc2c(c1)CC(c1ccccc1OC)N2. The van der Waals surface area contributed by atoms with Crippen molar-refractivity contribution in [2.45, 2.75) is 38.6 Å². The molecule has 1 N–H and O–H groups in total. The molecular formula is C19H23NO. The van der Waals surface area contributed by atoms with E-state index in [1.54, 1.807) is 7.11 Å². The Labute approximate surface area is 127 Å². The van der Waals surface area contributed by atoms with Crippen LogP contribution in [-0.4, -0.2) is 7.11 Å². The number of fused-ring (bicyclic) bond motifs is 1. The van der Waals surface area contributed by atoms with Crippen molar-refractivity contribution in [1.82, 2.24) is 0 Å². The van der Waals surface area contributed by atoms with Crippen LogP contribution in [-0.2, 0) is 6.42 Å². The monoisotopic (exact) mass is 281 g/mol. The number of para-hydroxylation sites is 1. The van der Waals surface area contributed by atoms with Crippen LogP contribution in [0.3, 0.4) is 0 Å². The molecule has 1 aliphatic heterocycles. The van der Waals surface area contributed by atoms with Crippen LogP contribution >= 0.6 is 0 Å². The van der Waals surface area contributed by atoms with Crippen LogP contribution in [0.2, 0.25) is 0 Å². The van der Waals surface area contributed by atoms with Crippen LogP contribution in [0.5, 0.6) is 5.75 Å². The molecule has 3 rings (SSSR count). The molecule has 0 aromatic heterocycles. The third-order valence-corrected chi connectivity index (χ3v) is 4.58. The van der Waals surface area contributed by atoms with Gasteiger partial charge in [-0.05, 0) is 42.0 Å². The van der Waals surface area contributed by atoms with E-state index in [2.05, 4.69) is 49.5 Å². The van der Waals surface area contributed by atoms with E-state index in [1.807, 2.05) is 12.1 Å². The first-order valence-corrected chi connectivity index (χ1v) is 7.75. The summed E-state index contributed by atoms with van der Waals surface area (Å²) in [7, 11) is 1.74. The van der Waals surface area contributed by atoms with Gasteiger partial charge in [0.15, 0.2) is 0 Å². The zero-order valence-electron chi connectivity index (χ0n) is 13.0. The van der Waals surface area contributed by atoms with E-state index >= 15 is 0 Å². The van der Waals surface area contributed by atoms with Crippen LogP contribution < -0.4 is 10.1 Å². The third-order valence-electron chi connectivity index (χ3n) is 4.58. The minimum Gasteiger partial charge on any atom is -0.496 e. The molecule has 1 heterocycles. The van der Waals surface area contributed by atoms with E-state index in [4.69, 9.17) is 4.74 Å². The summed E-state index contributed by atoms with van der Waals surface area (Å²) in [5, 5.41) is 3.63. The number of anilines is 1. The summed E-state index contributed by atoms with van der Waals surface area (Å²) in [6.45, 7) is 4.54. The van der Waals surface area contributed by atoms with Crippen molar-refractivity contribution < 1.29 is 4.74 Å². The number of hydrogen-bond acceptors (Lipinski definition) is 2. The Hall–Kier alpha value is -1.96. The lowest BCUT2D eigenvalue weighted by atomic mass is 9.95. The molecule has 0 fully saturated rings. The highest BCUT2D eigenvalue weighted by molar-refractivity contribution is 5.60. The second-order valence-electron chi connectivity index (χ2n) is 5.87. The standard InChI is InChI=1S/C19H23NO/c1-4-13(2)14-9-10-17-15(11-14)12-18(20-17)16-7-5-6-8-19(16)21-3/h5-11,13,18,20H,4,12H2,1-3H3. The normalized spacial score (nSPS) is 18.0. The summed E-state index contributed by atoms with van der Waals surface area (Å²) in [4.78, 5) is 0. The topological polar surface area (TPSA) is 21.3 Å². The zero-order valence-corrected chi connectivity index (χ0v) is 13.0. The number of benzene rings is 2. The largest absolute Gasteiger partial charge is 0.496 e. The minimum atomic E-state index is 0.309. The van der Waals surface area contributed by atoms with Crippen LogP contribution in [0.4, 0.5) is 5.69 Å². The summed E-state index contributed by atoms with van der Waals surface area (Å²) in [6, 6.07) is 15.4. The van der Waals surface area contributed by atoms with Gasteiger partial charge >= 0.3 is 0 Å². The molecule has 2 nitrogen and oxygen atoms in total. The van der Waals surface area contributed by atoms with Crippen molar-refractivity contribution in [2.24, 2.45) is 0 Å². The van der Waals surface area contributed by atoms with E-state index in [0.29, 0.717) is 12.0 Å². The minimum absolute atomic E-state index is 0.309. The molecule has 0 bridgehead atoms. The first-order valence-electron chi connectivity index (χ1n) is 7.75. The highest BCUT2D eigenvalue weighted by Crippen LogP contribution is 2.38. The summed E-state index contributed by atoms with van der Waals surface area (Å²) < 4.78 is 5.50. The Balaban J connectivity index is 1.87. The number of methoxy groups -OCH3 is 1. The number of nitrogens with one attached hydrogen (secondary N) is 1. The molecule has 2 aromatic carbocycles. The molecule has 0 saturated heterocycles. The summed E-state index contributed by atoms with van der Waals surface area (Å²) in [5.41, 5.74) is 5.36. The zero-order chi connectivity index (χ0) is 14.8. The molecule has 110 valence electrons. The predicted octanol–water partition coefficient (Wildman–Crippen LogP) is 4.92. The Kier molecular flexibility index (Phi) is 3.87. The van der Waals surface area contributed by atoms with Gasteiger partial charge in [-0.15, -0.1) is 0 Å². The molecule has 0 radical (unpaired) electrons. The molecule has 1 aliphatic rings. The quantitative estimate of drug-likeness (QED) is 0.859. The molecule has 2 atom stereocenters. The Morgan fingerprint density at radius 2 is 2.05 bits per heavy atom. The molecule has 2 heteroatoms. The van der Waals surface area contributed by atoms with Gasteiger partial charge in [0.05, 0.1) is 13.2 Å². The van der Waals surface area contributed by atoms with Gasteiger partial charge in [-0.25, -0.2) is 0 Å². The molecule has 0 amide bonds. The van der Waals surface area contributed by atoms with Crippen molar-refractivity contribution >= 4 is 5.69 Å². The Bertz CT molecular complexity index is 635. The maximum absolute atomic E-state index is 5.50. The van der Waals surface area contributed by atoms with E-state index in [-0.39, 0.29) is 0 Å². The molecule has 0 saturated carbocycles. The van der Waals surface area contributed by atoms with Gasteiger partial charge in [0.2, 0.25) is 0 Å².